The molecule has 0 saturated heterocycles. The van der Waals surface area contributed by atoms with Crippen LogP contribution in [0, 0.1) is 0 Å². The zero-order valence-electron chi connectivity index (χ0n) is 15.3. The lowest BCUT2D eigenvalue weighted by atomic mass is 9.97. The van der Waals surface area contributed by atoms with Crippen molar-refractivity contribution in [3.8, 4) is 0 Å². The Bertz CT molecular complexity index is 835. The fraction of sp³-hybridized carbons (Fsp3) is 0.208. The molecule has 3 nitrogen and oxygen atoms in total. The van der Waals surface area contributed by atoms with Crippen LogP contribution >= 0.6 is 0 Å². The highest BCUT2D eigenvalue weighted by Crippen LogP contribution is 2.38. The predicted molar refractivity (Wildman–Crippen MR) is 109 cm³/mol. The summed E-state index contributed by atoms with van der Waals surface area (Å²) in [6.07, 6.45) is 2.14. The third kappa shape index (κ3) is 4.26. The molecule has 4 rings (SSSR count). The van der Waals surface area contributed by atoms with E-state index in [1.807, 2.05) is 42.5 Å². The highest BCUT2D eigenvalue weighted by Gasteiger charge is 2.44. The summed E-state index contributed by atoms with van der Waals surface area (Å²) >= 11 is 0. The van der Waals surface area contributed by atoms with Gasteiger partial charge in [-0.25, -0.2) is 0 Å². The molecule has 3 aromatic rings. The summed E-state index contributed by atoms with van der Waals surface area (Å²) in [5.41, 5.74) is 3.14. The van der Waals surface area contributed by atoms with Gasteiger partial charge in [0.15, 0.2) is 0 Å². The van der Waals surface area contributed by atoms with Gasteiger partial charge in [0.2, 0.25) is 0 Å². The van der Waals surface area contributed by atoms with Gasteiger partial charge in [-0.1, -0.05) is 78.9 Å². The molecule has 136 valence electrons. The van der Waals surface area contributed by atoms with Crippen LogP contribution in [0.3, 0.4) is 0 Å². The first kappa shape index (κ1) is 17.5. The Morgan fingerprint density at radius 3 is 1.74 bits per heavy atom. The molecule has 0 radical (unpaired) electrons. The number of rotatable bonds is 7. The Morgan fingerprint density at radius 2 is 1.26 bits per heavy atom. The van der Waals surface area contributed by atoms with Crippen LogP contribution < -0.4 is 10.6 Å². The van der Waals surface area contributed by atoms with Crippen molar-refractivity contribution in [1.82, 2.24) is 10.6 Å². The summed E-state index contributed by atoms with van der Waals surface area (Å²) in [6, 6.07) is 30.5. The summed E-state index contributed by atoms with van der Waals surface area (Å²) in [5.74, 6) is -0.0142. The first-order valence-corrected chi connectivity index (χ1v) is 9.47. The summed E-state index contributed by atoms with van der Waals surface area (Å²) in [5, 5.41) is 6.94. The molecule has 1 amide bonds. The van der Waals surface area contributed by atoms with Gasteiger partial charge in [0.05, 0.1) is 6.04 Å². The van der Waals surface area contributed by atoms with E-state index in [-0.39, 0.29) is 17.5 Å². The Balaban J connectivity index is 1.48. The van der Waals surface area contributed by atoms with Gasteiger partial charge in [-0.15, -0.1) is 0 Å². The van der Waals surface area contributed by atoms with Crippen molar-refractivity contribution in [2.24, 2.45) is 0 Å². The molecule has 27 heavy (non-hydrogen) atoms. The molecular weight excluding hydrogens is 332 g/mol. The summed E-state index contributed by atoms with van der Waals surface area (Å²) < 4.78 is 0. The quantitative estimate of drug-likeness (QED) is 0.662. The maximum absolute atomic E-state index is 12.4. The lowest BCUT2D eigenvalue weighted by Gasteiger charge is -2.27. The van der Waals surface area contributed by atoms with Crippen molar-refractivity contribution in [2.75, 3.05) is 6.54 Å². The average Bonchev–Trinajstić information content (AvgIpc) is 3.52. The molecule has 1 aliphatic rings. The maximum atomic E-state index is 12.4. The van der Waals surface area contributed by atoms with Crippen molar-refractivity contribution in [1.29, 1.82) is 0 Å². The van der Waals surface area contributed by atoms with Gasteiger partial charge in [0.1, 0.15) is 0 Å². The van der Waals surface area contributed by atoms with Crippen LogP contribution in [0.4, 0.5) is 0 Å². The Morgan fingerprint density at radius 1 is 0.778 bits per heavy atom. The van der Waals surface area contributed by atoms with Gasteiger partial charge in [0, 0.05) is 17.6 Å². The lowest BCUT2D eigenvalue weighted by Crippen LogP contribution is -2.44. The number of carbonyl (C=O) groups is 1. The maximum Gasteiger partial charge on any atom is 0.251 e. The van der Waals surface area contributed by atoms with E-state index < -0.39 is 0 Å². The van der Waals surface area contributed by atoms with Gasteiger partial charge in [0.25, 0.3) is 5.91 Å². The number of hydrogen-bond donors (Lipinski definition) is 2. The van der Waals surface area contributed by atoms with Crippen LogP contribution in [0.1, 0.15) is 40.4 Å². The Hall–Kier alpha value is -2.91. The van der Waals surface area contributed by atoms with E-state index in [1.54, 1.807) is 0 Å². The van der Waals surface area contributed by atoms with Crippen molar-refractivity contribution in [3.05, 3.63) is 108 Å². The predicted octanol–water partition coefficient (Wildman–Crippen LogP) is 4.33. The molecule has 0 atom stereocenters. The topological polar surface area (TPSA) is 41.1 Å². The summed E-state index contributed by atoms with van der Waals surface area (Å²) in [7, 11) is 0. The first-order chi connectivity index (χ1) is 13.3. The third-order valence-corrected chi connectivity index (χ3v) is 5.19. The average molecular weight is 356 g/mol. The molecule has 0 spiro atoms. The molecule has 0 heterocycles. The molecule has 3 heteroatoms. The van der Waals surface area contributed by atoms with Gasteiger partial charge in [-0.3, -0.25) is 10.1 Å². The van der Waals surface area contributed by atoms with Crippen LogP contribution in [0.5, 0.6) is 0 Å². The van der Waals surface area contributed by atoms with E-state index in [2.05, 4.69) is 59.2 Å². The second-order valence-corrected chi connectivity index (χ2v) is 7.23. The molecule has 1 fully saturated rings. The molecule has 1 saturated carbocycles. The third-order valence-electron chi connectivity index (χ3n) is 5.19. The monoisotopic (exact) mass is 356 g/mol. The highest BCUT2D eigenvalue weighted by molar-refractivity contribution is 5.94. The van der Waals surface area contributed by atoms with Crippen molar-refractivity contribution < 1.29 is 4.79 Å². The minimum absolute atomic E-state index is 0.0142. The molecule has 0 bridgehead atoms. The van der Waals surface area contributed by atoms with E-state index in [4.69, 9.17) is 0 Å². The number of nitrogens with one attached hydrogen (secondary N) is 2. The molecule has 0 aromatic heterocycles. The molecule has 1 aliphatic carbocycles. The second-order valence-electron chi connectivity index (χ2n) is 7.23. The van der Waals surface area contributed by atoms with Gasteiger partial charge < -0.3 is 5.32 Å². The van der Waals surface area contributed by atoms with Crippen molar-refractivity contribution in [2.45, 2.75) is 24.4 Å². The lowest BCUT2D eigenvalue weighted by molar-refractivity contribution is 0.0947. The number of carbonyl (C=O) groups excluding carboxylic acids is 1. The standard InChI is InChI=1S/C24H24N2O/c27-23(21-14-8-3-9-15-21)25-18-24(16-17-24)26-22(19-10-4-1-5-11-19)20-12-6-2-7-13-20/h1-15,22,26H,16-18H2,(H,25,27). The Labute approximate surface area is 160 Å². The van der Waals surface area contributed by atoms with Crippen LogP contribution in [-0.2, 0) is 0 Å². The molecular formula is C24H24N2O. The van der Waals surface area contributed by atoms with Gasteiger partial charge in [-0.05, 0) is 36.1 Å². The fourth-order valence-electron chi connectivity index (χ4n) is 3.42. The van der Waals surface area contributed by atoms with Crippen LogP contribution in [0.2, 0.25) is 0 Å². The van der Waals surface area contributed by atoms with Crippen LogP contribution in [0.25, 0.3) is 0 Å². The largest absolute Gasteiger partial charge is 0.350 e. The fourth-order valence-corrected chi connectivity index (χ4v) is 3.42. The minimum atomic E-state index is -0.0409. The van der Waals surface area contributed by atoms with Crippen LogP contribution in [-0.4, -0.2) is 18.0 Å². The smallest absolute Gasteiger partial charge is 0.251 e. The molecule has 2 N–H and O–H groups in total. The number of amides is 1. The van der Waals surface area contributed by atoms with Crippen molar-refractivity contribution in [3.63, 3.8) is 0 Å². The minimum Gasteiger partial charge on any atom is -0.350 e. The molecule has 0 unspecified atom stereocenters. The summed E-state index contributed by atoms with van der Waals surface area (Å²) in [4.78, 5) is 12.4. The van der Waals surface area contributed by atoms with Gasteiger partial charge in [-0.2, -0.15) is 0 Å². The van der Waals surface area contributed by atoms with Crippen molar-refractivity contribution >= 4 is 5.91 Å². The first-order valence-electron chi connectivity index (χ1n) is 9.47. The van der Waals surface area contributed by atoms with Gasteiger partial charge >= 0.3 is 0 Å². The van der Waals surface area contributed by atoms with Crippen LogP contribution in [0.15, 0.2) is 91.0 Å². The Kier molecular flexibility index (Phi) is 5.03. The molecule has 3 aromatic carbocycles. The highest BCUT2D eigenvalue weighted by atomic mass is 16.1. The van der Waals surface area contributed by atoms with E-state index in [0.29, 0.717) is 12.1 Å². The zero-order chi connectivity index (χ0) is 18.5. The van der Waals surface area contributed by atoms with E-state index in [0.717, 1.165) is 12.8 Å². The SMILES string of the molecule is O=C(NCC1(NC(c2ccccc2)c2ccccc2)CC1)c1ccccc1. The normalized spacial score (nSPS) is 14.7. The zero-order valence-corrected chi connectivity index (χ0v) is 15.3. The van der Waals surface area contributed by atoms with E-state index in [9.17, 15) is 4.79 Å². The molecule has 0 aliphatic heterocycles. The number of benzene rings is 3. The second kappa shape index (κ2) is 7.77. The number of hydrogen-bond acceptors (Lipinski definition) is 2. The van der Waals surface area contributed by atoms with E-state index in [1.165, 1.54) is 11.1 Å². The van der Waals surface area contributed by atoms with E-state index >= 15 is 0 Å². The summed E-state index contributed by atoms with van der Waals surface area (Å²) in [6.45, 7) is 0.636.